The van der Waals surface area contributed by atoms with Crippen molar-refractivity contribution in [3.63, 3.8) is 0 Å². The number of carbonyl (C=O) groups excluding carboxylic acids is 2. The van der Waals surface area contributed by atoms with Crippen LogP contribution >= 0.6 is 0 Å². The van der Waals surface area contributed by atoms with Crippen molar-refractivity contribution >= 4 is 11.9 Å². The molecule has 0 saturated carbocycles. The fraction of sp³-hybridized carbons (Fsp3) is 0.714. The molecule has 108 valence electrons. The molecule has 5 nitrogen and oxygen atoms in total. The molecule has 0 aromatic carbocycles. The SMILES string of the molecule is C=C.CCOC(=O)N1CCC2(CC1)CC(=O)C(C)O2. The summed E-state index contributed by atoms with van der Waals surface area (Å²) in [7, 11) is 0. The Kier molecular flexibility index (Phi) is 5.54. The second-order valence-corrected chi connectivity index (χ2v) is 4.77. The van der Waals surface area contributed by atoms with Gasteiger partial charge in [0.1, 0.15) is 6.10 Å². The van der Waals surface area contributed by atoms with Crippen LogP contribution in [-0.2, 0) is 14.3 Å². The highest BCUT2D eigenvalue weighted by atomic mass is 16.6. The van der Waals surface area contributed by atoms with Crippen molar-refractivity contribution in [3.05, 3.63) is 13.2 Å². The standard InChI is InChI=1S/C12H19NO4.C2H4/c1-3-16-11(15)13-6-4-12(5-7-13)8-10(14)9(2)17-12;1-2/h9H,3-8H2,1-2H3;1-2H2. The van der Waals surface area contributed by atoms with Gasteiger partial charge in [-0.15, -0.1) is 13.2 Å². The van der Waals surface area contributed by atoms with Gasteiger partial charge in [-0.05, 0) is 26.7 Å². The predicted octanol–water partition coefficient (Wildman–Crippen LogP) is 2.16. The molecule has 0 N–H and O–H groups in total. The summed E-state index contributed by atoms with van der Waals surface area (Å²) < 4.78 is 10.7. The van der Waals surface area contributed by atoms with Crippen molar-refractivity contribution in [2.24, 2.45) is 0 Å². The van der Waals surface area contributed by atoms with Gasteiger partial charge < -0.3 is 14.4 Å². The van der Waals surface area contributed by atoms with E-state index in [1.165, 1.54) is 0 Å². The molecule has 0 aliphatic carbocycles. The Morgan fingerprint density at radius 3 is 2.47 bits per heavy atom. The summed E-state index contributed by atoms with van der Waals surface area (Å²) in [4.78, 5) is 24.7. The fourth-order valence-electron chi connectivity index (χ4n) is 2.55. The lowest BCUT2D eigenvalue weighted by atomic mass is 9.88. The summed E-state index contributed by atoms with van der Waals surface area (Å²) in [6.45, 7) is 11.2. The van der Waals surface area contributed by atoms with E-state index in [0.29, 0.717) is 26.1 Å². The largest absolute Gasteiger partial charge is 0.450 e. The number of ether oxygens (including phenoxy) is 2. The molecule has 19 heavy (non-hydrogen) atoms. The van der Waals surface area contributed by atoms with Gasteiger partial charge in [0.25, 0.3) is 0 Å². The first-order valence-electron chi connectivity index (χ1n) is 6.68. The molecule has 1 spiro atoms. The van der Waals surface area contributed by atoms with Gasteiger partial charge in [-0.25, -0.2) is 4.79 Å². The average Bonchev–Trinajstić information content (AvgIpc) is 2.68. The molecule has 0 aromatic heterocycles. The maximum absolute atomic E-state index is 11.5. The number of hydrogen-bond acceptors (Lipinski definition) is 4. The van der Waals surface area contributed by atoms with Crippen LogP contribution in [0.15, 0.2) is 13.2 Å². The highest BCUT2D eigenvalue weighted by Gasteiger charge is 2.46. The summed E-state index contributed by atoms with van der Waals surface area (Å²) >= 11 is 0. The van der Waals surface area contributed by atoms with Gasteiger partial charge in [0.05, 0.1) is 12.2 Å². The zero-order chi connectivity index (χ0) is 14.5. The fourth-order valence-corrected chi connectivity index (χ4v) is 2.55. The van der Waals surface area contributed by atoms with Crippen molar-refractivity contribution in [2.45, 2.75) is 44.8 Å². The Balaban J connectivity index is 0.000000861. The van der Waals surface area contributed by atoms with Crippen LogP contribution in [0, 0.1) is 0 Å². The molecule has 0 aromatic rings. The van der Waals surface area contributed by atoms with Gasteiger partial charge in [0, 0.05) is 19.5 Å². The maximum atomic E-state index is 11.5. The van der Waals surface area contributed by atoms with Gasteiger partial charge in [0.15, 0.2) is 5.78 Å². The van der Waals surface area contributed by atoms with Crippen LogP contribution < -0.4 is 0 Å². The number of hydrogen-bond donors (Lipinski definition) is 0. The van der Waals surface area contributed by atoms with Crippen LogP contribution in [0.2, 0.25) is 0 Å². The van der Waals surface area contributed by atoms with E-state index in [1.54, 1.807) is 18.7 Å². The quantitative estimate of drug-likeness (QED) is 0.684. The predicted molar refractivity (Wildman–Crippen MR) is 72.0 cm³/mol. The van der Waals surface area contributed by atoms with E-state index in [1.807, 2.05) is 0 Å². The van der Waals surface area contributed by atoms with Gasteiger partial charge in [-0.1, -0.05) is 0 Å². The Bertz CT molecular complexity index is 334. The summed E-state index contributed by atoms with van der Waals surface area (Å²) in [5, 5.41) is 0. The second kappa shape index (κ2) is 6.70. The van der Waals surface area contributed by atoms with Crippen molar-refractivity contribution in [2.75, 3.05) is 19.7 Å². The number of carbonyl (C=O) groups is 2. The van der Waals surface area contributed by atoms with Gasteiger partial charge >= 0.3 is 6.09 Å². The van der Waals surface area contributed by atoms with E-state index in [2.05, 4.69) is 13.2 Å². The molecular weight excluding hydrogens is 246 g/mol. The third-order valence-corrected chi connectivity index (χ3v) is 3.58. The highest BCUT2D eigenvalue weighted by Crippen LogP contribution is 2.37. The lowest BCUT2D eigenvalue weighted by Gasteiger charge is -2.37. The van der Waals surface area contributed by atoms with Crippen molar-refractivity contribution in [3.8, 4) is 0 Å². The first kappa shape index (κ1) is 15.7. The van der Waals surface area contributed by atoms with Crippen LogP contribution in [0.3, 0.4) is 0 Å². The number of ketones is 1. The van der Waals surface area contributed by atoms with E-state index in [0.717, 1.165) is 12.8 Å². The Morgan fingerprint density at radius 1 is 1.47 bits per heavy atom. The van der Waals surface area contributed by atoms with Crippen LogP contribution in [0.25, 0.3) is 0 Å². The van der Waals surface area contributed by atoms with Crippen molar-refractivity contribution < 1.29 is 19.1 Å². The molecule has 2 saturated heterocycles. The van der Waals surface area contributed by atoms with E-state index >= 15 is 0 Å². The minimum Gasteiger partial charge on any atom is -0.450 e. The van der Waals surface area contributed by atoms with Crippen LogP contribution in [0.4, 0.5) is 4.79 Å². The Morgan fingerprint density at radius 2 is 2.05 bits per heavy atom. The molecule has 1 unspecified atom stereocenters. The van der Waals surface area contributed by atoms with E-state index in [9.17, 15) is 9.59 Å². The molecule has 0 radical (unpaired) electrons. The first-order valence-corrected chi connectivity index (χ1v) is 6.68. The topological polar surface area (TPSA) is 55.8 Å². The maximum Gasteiger partial charge on any atom is 0.409 e. The first-order chi connectivity index (χ1) is 9.06. The molecular formula is C14H23NO4. The van der Waals surface area contributed by atoms with E-state index in [4.69, 9.17) is 9.47 Å². The molecule has 2 aliphatic heterocycles. The summed E-state index contributed by atoms with van der Waals surface area (Å²) in [6.07, 6.45) is 1.39. The summed E-state index contributed by atoms with van der Waals surface area (Å²) in [6, 6.07) is 0. The van der Waals surface area contributed by atoms with E-state index < -0.39 is 0 Å². The third kappa shape index (κ3) is 3.56. The molecule has 5 heteroatoms. The monoisotopic (exact) mass is 269 g/mol. The molecule has 2 aliphatic rings. The zero-order valence-electron chi connectivity index (χ0n) is 11.8. The molecule has 2 heterocycles. The van der Waals surface area contributed by atoms with Crippen LogP contribution in [0.5, 0.6) is 0 Å². The number of amides is 1. The second-order valence-electron chi connectivity index (χ2n) is 4.77. The normalized spacial score (nSPS) is 24.8. The number of Topliss-reactive ketones (excluding diaryl/α,β-unsaturated/α-hetero) is 1. The minimum atomic E-state index is -0.320. The number of likely N-dealkylation sites (tertiary alicyclic amines) is 1. The van der Waals surface area contributed by atoms with E-state index in [-0.39, 0.29) is 23.6 Å². The number of rotatable bonds is 1. The number of nitrogens with zero attached hydrogens (tertiary/aromatic N) is 1. The summed E-state index contributed by atoms with van der Waals surface area (Å²) in [5.74, 6) is 0.176. The average molecular weight is 269 g/mol. The summed E-state index contributed by atoms with van der Waals surface area (Å²) in [5.41, 5.74) is -0.320. The van der Waals surface area contributed by atoms with Crippen LogP contribution in [-0.4, -0.2) is 48.2 Å². The number of piperidine rings is 1. The van der Waals surface area contributed by atoms with Crippen molar-refractivity contribution in [1.29, 1.82) is 0 Å². The molecule has 2 rings (SSSR count). The lowest BCUT2D eigenvalue weighted by molar-refractivity contribution is -0.123. The van der Waals surface area contributed by atoms with Gasteiger partial charge in [0.2, 0.25) is 0 Å². The highest BCUT2D eigenvalue weighted by molar-refractivity contribution is 5.85. The molecule has 1 amide bonds. The third-order valence-electron chi connectivity index (χ3n) is 3.58. The molecule has 0 bridgehead atoms. The van der Waals surface area contributed by atoms with Gasteiger partial charge in [-0.2, -0.15) is 0 Å². The zero-order valence-corrected chi connectivity index (χ0v) is 11.8. The smallest absolute Gasteiger partial charge is 0.409 e. The van der Waals surface area contributed by atoms with Crippen molar-refractivity contribution in [1.82, 2.24) is 4.90 Å². The Hall–Kier alpha value is -1.36. The Labute approximate surface area is 114 Å². The minimum absolute atomic E-state index is 0.176. The van der Waals surface area contributed by atoms with Gasteiger partial charge in [-0.3, -0.25) is 4.79 Å². The van der Waals surface area contributed by atoms with Crippen LogP contribution in [0.1, 0.15) is 33.1 Å². The lowest BCUT2D eigenvalue weighted by Crippen LogP contribution is -2.46. The molecule has 2 fully saturated rings. The molecule has 1 atom stereocenters.